The third-order valence-electron chi connectivity index (χ3n) is 3.10. The summed E-state index contributed by atoms with van der Waals surface area (Å²) in [5.41, 5.74) is 1.33. The Kier molecular flexibility index (Phi) is 3.04. The second-order valence-corrected chi connectivity index (χ2v) is 5.99. The van der Waals surface area contributed by atoms with E-state index in [9.17, 15) is 0 Å². The summed E-state index contributed by atoms with van der Waals surface area (Å²) < 4.78 is 5.99. The largest absolute Gasteiger partial charge is 0.375 e. The quantitative estimate of drug-likeness (QED) is 0.629. The minimum absolute atomic E-state index is 0.139. The summed E-state index contributed by atoms with van der Waals surface area (Å²) in [6.45, 7) is 3.31. The van der Waals surface area contributed by atoms with Gasteiger partial charge in [-0.05, 0) is 30.9 Å². The van der Waals surface area contributed by atoms with Crippen molar-refractivity contribution in [2.45, 2.75) is 31.0 Å². The van der Waals surface area contributed by atoms with Gasteiger partial charge < -0.3 is 4.74 Å². The molecule has 1 aliphatic heterocycles. The van der Waals surface area contributed by atoms with E-state index in [-0.39, 0.29) is 14.7 Å². The zero-order chi connectivity index (χ0) is 9.86. The van der Waals surface area contributed by atoms with E-state index in [1.54, 1.807) is 0 Å². The summed E-state index contributed by atoms with van der Waals surface area (Å²) in [5, 5.41) is 0.159. The van der Waals surface area contributed by atoms with E-state index in [0.29, 0.717) is 0 Å². The van der Waals surface area contributed by atoms with Gasteiger partial charge >= 0.3 is 0 Å². The average Bonchev–Trinajstić information content (AvgIpc) is 2.72. The first-order valence-corrected chi connectivity index (χ1v) is 7.68. The van der Waals surface area contributed by atoms with Crippen LogP contribution in [0.5, 0.6) is 0 Å². The van der Waals surface area contributed by atoms with Gasteiger partial charge in [-0.15, -0.1) is 0 Å². The zero-order valence-electron chi connectivity index (χ0n) is 8.83. The van der Waals surface area contributed by atoms with Crippen LogP contribution in [0.2, 0.25) is 6.55 Å². The van der Waals surface area contributed by atoms with Crippen LogP contribution in [0, 0.1) is 0 Å². The van der Waals surface area contributed by atoms with Crippen LogP contribution in [0.4, 0.5) is 0 Å². The van der Waals surface area contributed by atoms with Crippen LogP contribution in [0.1, 0.15) is 19.3 Å². The molecule has 14 heavy (non-hydrogen) atoms. The highest BCUT2D eigenvalue weighted by Crippen LogP contribution is 2.27. The molecular weight excluding hydrogens is 188 g/mol. The Labute approximate surface area is 88.4 Å². The van der Waals surface area contributed by atoms with E-state index in [2.05, 4.69) is 36.9 Å². The SMILES string of the molecule is C[SiH2]C1(C=C2C=CC=C2)CCCCO1. The van der Waals surface area contributed by atoms with Gasteiger partial charge in [0.05, 0.1) is 14.7 Å². The smallest absolute Gasteiger partial charge is 0.0696 e. The highest BCUT2D eigenvalue weighted by molar-refractivity contribution is 6.38. The molecule has 0 bridgehead atoms. The first kappa shape index (κ1) is 9.93. The van der Waals surface area contributed by atoms with Crippen molar-refractivity contribution in [3.05, 3.63) is 36.0 Å². The molecule has 0 N–H and O–H groups in total. The standard InChI is InChI=1S/C12H18OSi/c1-14-12(8-4-5-9-13-12)10-11-6-2-3-7-11/h2-3,6-7,10H,4-5,8-9,14H2,1H3. The van der Waals surface area contributed by atoms with E-state index >= 15 is 0 Å². The Bertz CT molecular complexity index is 269. The van der Waals surface area contributed by atoms with Crippen molar-refractivity contribution >= 4 is 9.52 Å². The van der Waals surface area contributed by atoms with Crippen molar-refractivity contribution in [2.24, 2.45) is 0 Å². The van der Waals surface area contributed by atoms with Crippen molar-refractivity contribution in [2.75, 3.05) is 6.61 Å². The third-order valence-corrected chi connectivity index (χ3v) is 5.06. The third kappa shape index (κ3) is 2.07. The summed E-state index contributed by atoms with van der Waals surface area (Å²) >= 11 is 0. The molecule has 2 aliphatic rings. The fourth-order valence-electron chi connectivity index (χ4n) is 2.16. The van der Waals surface area contributed by atoms with Crippen LogP contribution in [0.15, 0.2) is 36.0 Å². The molecule has 1 saturated heterocycles. The van der Waals surface area contributed by atoms with Gasteiger partial charge in [-0.25, -0.2) is 0 Å². The predicted molar refractivity (Wildman–Crippen MR) is 63.3 cm³/mol. The molecule has 76 valence electrons. The summed E-state index contributed by atoms with van der Waals surface area (Å²) in [6, 6.07) is 0. The molecule has 0 amide bonds. The molecule has 0 spiro atoms. The number of ether oxygens (including phenoxy) is 1. The first-order chi connectivity index (χ1) is 6.85. The van der Waals surface area contributed by atoms with Gasteiger partial charge in [-0.1, -0.05) is 30.9 Å². The van der Waals surface area contributed by atoms with E-state index in [1.807, 2.05) is 0 Å². The van der Waals surface area contributed by atoms with Gasteiger partial charge in [0.15, 0.2) is 0 Å². The number of rotatable bonds is 2. The molecule has 1 heterocycles. The van der Waals surface area contributed by atoms with Crippen LogP contribution in [-0.4, -0.2) is 21.4 Å². The zero-order valence-corrected chi connectivity index (χ0v) is 10.2. The van der Waals surface area contributed by atoms with Gasteiger partial charge in [0, 0.05) is 6.61 Å². The van der Waals surface area contributed by atoms with Crippen molar-refractivity contribution in [1.29, 1.82) is 0 Å². The normalized spacial score (nSPS) is 31.9. The Balaban J connectivity index is 2.14. The van der Waals surface area contributed by atoms with E-state index in [1.165, 1.54) is 24.8 Å². The average molecular weight is 206 g/mol. The minimum atomic E-state index is -0.139. The lowest BCUT2D eigenvalue weighted by Crippen LogP contribution is -2.39. The van der Waals surface area contributed by atoms with Gasteiger partial charge in [0.25, 0.3) is 0 Å². The topological polar surface area (TPSA) is 9.23 Å². The summed E-state index contributed by atoms with van der Waals surface area (Å²) in [6.07, 6.45) is 14.7. The highest BCUT2D eigenvalue weighted by Gasteiger charge is 2.29. The molecule has 0 aromatic rings. The summed E-state index contributed by atoms with van der Waals surface area (Å²) in [4.78, 5) is 0. The molecule has 2 heteroatoms. The number of allylic oxidation sites excluding steroid dienone is 5. The lowest BCUT2D eigenvalue weighted by Gasteiger charge is -2.34. The van der Waals surface area contributed by atoms with Gasteiger partial charge in [0.1, 0.15) is 0 Å². The molecule has 1 aliphatic carbocycles. The fourth-order valence-corrected chi connectivity index (χ4v) is 3.55. The van der Waals surface area contributed by atoms with Crippen molar-refractivity contribution in [3.8, 4) is 0 Å². The fraction of sp³-hybridized carbons (Fsp3) is 0.500. The van der Waals surface area contributed by atoms with E-state index < -0.39 is 0 Å². The predicted octanol–water partition coefficient (Wildman–Crippen LogP) is 2.15. The molecule has 0 saturated carbocycles. The molecule has 1 fully saturated rings. The molecule has 1 unspecified atom stereocenters. The van der Waals surface area contributed by atoms with Crippen molar-refractivity contribution in [1.82, 2.24) is 0 Å². The van der Waals surface area contributed by atoms with Crippen molar-refractivity contribution in [3.63, 3.8) is 0 Å². The van der Waals surface area contributed by atoms with Crippen LogP contribution in [0.25, 0.3) is 0 Å². The number of hydrogen-bond donors (Lipinski definition) is 0. The molecule has 2 rings (SSSR count). The Morgan fingerprint density at radius 1 is 1.36 bits per heavy atom. The molecule has 0 radical (unpaired) electrons. The van der Waals surface area contributed by atoms with Gasteiger partial charge in [-0.2, -0.15) is 0 Å². The molecule has 0 aromatic carbocycles. The minimum Gasteiger partial charge on any atom is -0.375 e. The Morgan fingerprint density at radius 2 is 2.14 bits per heavy atom. The highest BCUT2D eigenvalue weighted by atomic mass is 28.2. The van der Waals surface area contributed by atoms with Crippen LogP contribution < -0.4 is 0 Å². The second-order valence-electron chi connectivity index (χ2n) is 4.09. The molecule has 1 nitrogen and oxygen atoms in total. The first-order valence-electron chi connectivity index (χ1n) is 5.56. The van der Waals surface area contributed by atoms with E-state index in [0.717, 1.165) is 6.61 Å². The second kappa shape index (κ2) is 4.28. The lowest BCUT2D eigenvalue weighted by atomic mass is 10.1. The monoisotopic (exact) mass is 206 g/mol. The van der Waals surface area contributed by atoms with E-state index in [4.69, 9.17) is 4.74 Å². The van der Waals surface area contributed by atoms with Crippen LogP contribution in [-0.2, 0) is 4.74 Å². The summed E-state index contributed by atoms with van der Waals surface area (Å²) in [7, 11) is -0.139. The van der Waals surface area contributed by atoms with Gasteiger partial charge in [-0.3, -0.25) is 0 Å². The maximum atomic E-state index is 5.99. The van der Waals surface area contributed by atoms with Gasteiger partial charge in [0.2, 0.25) is 0 Å². The summed E-state index contributed by atoms with van der Waals surface area (Å²) in [5.74, 6) is 0. The lowest BCUT2D eigenvalue weighted by molar-refractivity contribution is 0.0128. The molecule has 0 aromatic heterocycles. The maximum Gasteiger partial charge on any atom is 0.0696 e. The Morgan fingerprint density at radius 3 is 2.71 bits per heavy atom. The Hall–Kier alpha value is -0.603. The van der Waals surface area contributed by atoms with Crippen LogP contribution >= 0.6 is 0 Å². The molecule has 1 atom stereocenters. The maximum absolute atomic E-state index is 5.99. The van der Waals surface area contributed by atoms with Crippen LogP contribution in [0.3, 0.4) is 0 Å². The number of hydrogen-bond acceptors (Lipinski definition) is 1. The van der Waals surface area contributed by atoms with Crippen molar-refractivity contribution < 1.29 is 4.74 Å². The molecular formula is C12H18OSi.